The van der Waals surface area contributed by atoms with E-state index in [0.29, 0.717) is 5.75 Å². The van der Waals surface area contributed by atoms with Crippen LogP contribution in [0.5, 0.6) is 17.2 Å². The predicted octanol–water partition coefficient (Wildman–Crippen LogP) is 1.57. The molecule has 0 saturated heterocycles. The molecule has 2 aromatic carbocycles. The zero-order valence-electron chi connectivity index (χ0n) is 16.2. The summed E-state index contributed by atoms with van der Waals surface area (Å²) < 4.78 is 15.6. The van der Waals surface area contributed by atoms with Gasteiger partial charge < -0.3 is 14.2 Å². The highest BCUT2D eigenvalue weighted by Gasteiger charge is 2.20. The summed E-state index contributed by atoms with van der Waals surface area (Å²) >= 11 is 4.95. The van der Waals surface area contributed by atoms with Crippen LogP contribution < -0.4 is 30.4 Å². The summed E-state index contributed by atoms with van der Waals surface area (Å²) in [5.41, 5.74) is 4.26. The second-order valence-corrected chi connectivity index (χ2v) is 5.96. The number of ether oxygens (including phenoxy) is 3. The first-order valence-corrected chi connectivity index (χ1v) is 8.68. The third-order valence-electron chi connectivity index (χ3n) is 3.79. The van der Waals surface area contributed by atoms with Gasteiger partial charge in [0.05, 0.1) is 26.3 Å². The molecule has 0 heterocycles. The van der Waals surface area contributed by atoms with Crippen LogP contribution in [0.2, 0.25) is 0 Å². The number of carbonyl (C=O) groups is 2. The van der Waals surface area contributed by atoms with Gasteiger partial charge in [-0.05, 0) is 30.4 Å². The number of benzene rings is 2. The molecule has 158 valence electrons. The lowest BCUT2D eigenvalue weighted by atomic mass is 10.1. The Balaban J connectivity index is 2.06. The first kappa shape index (κ1) is 22.4. The molecular formula is C18H18N4O7S. The largest absolute Gasteiger partial charge is 0.493 e. The second-order valence-electron chi connectivity index (χ2n) is 5.55. The van der Waals surface area contributed by atoms with Crippen LogP contribution in [0.15, 0.2) is 36.4 Å². The maximum absolute atomic E-state index is 12.4. The van der Waals surface area contributed by atoms with Crippen LogP contribution in [0.3, 0.4) is 0 Å². The minimum Gasteiger partial charge on any atom is -0.493 e. The number of carbonyl (C=O) groups excluding carboxylic acids is 2. The van der Waals surface area contributed by atoms with Crippen molar-refractivity contribution in [3.8, 4) is 17.2 Å². The number of rotatable bonds is 6. The zero-order valence-corrected chi connectivity index (χ0v) is 17.0. The molecule has 2 amide bonds. The van der Waals surface area contributed by atoms with Gasteiger partial charge in [-0.15, -0.1) is 0 Å². The van der Waals surface area contributed by atoms with Gasteiger partial charge >= 0.3 is 0 Å². The molecule has 0 spiro atoms. The Morgan fingerprint density at radius 3 is 2.10 bits per heavy atom. The number of para-hydroxylation sites is 1. The zero-order chi connectivity index (χ0) is 22.3. The van der Waals surface area contributed by atoms with Gasteiger partial charge in [-0.1, -0.05) is 12.1 Å². The van der Waals surface area contributed by atoms with Gasteiger partial charge in [-0.25, -0.2) is 0 Å². The Bertz CT molecular complexity index is 971. The molecule has 2 aromatic rings. The monoisotopic (exact) mass is 434 g/mol. The molecule has 2 rings (SSSR count). The van der Waals surface area contributed by atoms with E-state index in [1.807, 2.05) is 0 Å². The van der Waals surface area contributed by atoms with Gasteiger partial charge in [0.2, 0.25) is 5.75 Å². The smallest absolute Gasteiger partial charge is 0.282 e. The fourth-order valence-electron chi connectivity index (χ4n) is 2.42. The van der Waals surface area contributed by atoms with E-state index in [0.717, 1.165) is 0 Å². The molecule has 3 N–H and O–H groups in total. The maximum Gasteiger partial charge on any atom is 0.282 e. The van der Waals surface area contributed by atoms with Crippen molar-refractivity contribution in [2.75, 3.05) is 21.3 Å². The minimum absolute atomic E-state index is 0.157. The lowest BCUT2D eigenvalue weighted by molar-refractivity contribution is -0.385. The number of amides is 2. The molecule has 0 aliphatic carbocycles. The summed E-state index contributed by atoms with van der Waals surface area (Å²) in [7, 11) is 4.25. The van der Waals surface area contributed by atoms with Crippen LogP contribution in [-0.2, 0) is 0 Å². The average molecular weight is 434 g/mol. The molecule has 0 bridgehead atoms. The molecule has 0 radical (unpaired) electrons. The lowest BCUT2D eigenvalue weighted by Crippen LogP contribution is -2.48. The van der Waals surface area contributed by atoms with E-state index in [9.17, 15) is 19.7 Å². The van der Waals surface area contributed by atoms with Gasteiger partial charge in [-0.2, -0.15) is 0 Å². The van der Waals surface area contributed by atoms with E-state index in [1.165, 1.54) is 57.7 Å². The molecule has 0 unspecified atom stereocenters. The van der Waals surface area contributed by atoms with Gasteiger partial charge in [0.15, 0.2) is 16.6 Å². The van der Waals surface area contributed by atoms with Crippen molar-refractivity contribution in [2.45, 2.75) is 0 Å². The van der Waals surface area contributed by atoms with Crippen molar-refractivity contribution < 1.29 is 28.7 Å². The van der Waals surface area contributed by atoms with Gasteiger partial charge in [0, 0.05) is 11.6 Å². The van der Waals surface area contributed by atoms with E-state index < -0.39 is 16.7 Å². The van der Waals surface area contributed by atoms with Crippen molar-refractivity contribution in [2.24, 2.45) is 0 Å². The maximum atomic E-state index is 12.4. The number of methoxy groups -OCH3 is 3. The van der Waals surface area contributed by atoms with Crippen LogP contribution in [0.1, 0.15) is 20.7 Å². The Labute approximate surface area is 176 Å². The van der Waals surface area contributed by atoms with Crippen LogP contribution in [0, 0.1) is 10.1 Å². The van der Waals surface area contributed by atoms with Crippen molar-refractivity contribution in [1.82, 2.24) is 16.2 Å². The van der Waals surface area contributed by atoms with Crippen molar-refractivity contribution in [3.05, 3.63) is 57.6 Å². The number of hydrogen-bond acceptors (Lipinski definition) is 8. The number of hydrazine groups is 1. The molecule has 0 saturated carbocycles. The fraction of sp³-hybridized carbons (Fsp3) is 0.167. The number of hydrogen-bond donors (Lipinski definition) is 3. The van der Waals surface area contributed by atoms with E-state index in [2.05, 4.69) is 16.2 Å². The Morgan fingerprint density at radius 2 is 1.57 bits per heavy atom. The normalized spacial score (nSPS) is 9.83. The molecule has 0 aliphatic rings. The Morgan fingerprint density at radius 1 is 0.967 bits per heavy atom. The number of nitro groups is 1. The molecular weight excluding hydrogens is 416 g/mol. The first-order chi connectivity index (χ1) is 14.3. The molecule has 30 heavy (non-hydrogen) atoms. The van der Waals surface area contributed by atoms with Gasteiger partial charge in [0.1, 0.15) is 5.56 Å². The second kappa shape index (κ2) is 10.0. The molecule has 0 fully saturated rings. The highest BCUT2D eigenvalue weighted by Crippen LogP contribution is 2.38. The summed E-state index contributed by atoms with van der Waals surface area (Å²) in [6.07, 6.45) is 0. The van der Waals surface area contributed by atoms with Crippen molar-refractivity contribution in [3.63, 3.8) is 0 Å². The third kappa shape index (κ3) is 5.11. The Kier molecular flexibility index (Phi) is 7.47. The van der Waals surface area contributed by atoms with Crippen LogP contribution in [-0.4, -0.2) is 43.2 Å². The first-order valence-electron chi connectivity index (χ1n) is 8.27. The number of thiocarbonyl (C=S) groups is 1. The Hall–Kier alpha value is -3.93. The van der Waals surface area contributed by atoms with Crippen LogP contribution in [0.25, 0.3) is 0 Å². The summed E-state index contributed by atoms with van der Waals surface area (Å²) in [6, 6.07) is 8.23. The van der Waals surface area contributed by atoms with E-state index >= 15 is 0 Å². The predicted molar refractivity (Wildman–Crippen MR) is 110 cm³/mol. The van der Waals surface area contributed by atoms with Gasteiger partial charge in [0.25, 0.3) is 17.5 Å². The quantitative estimate of drug-likeness (QED) is 0.351. The molecule has 0 aromatic heterocycles. The molecule has 11 nitrogen and oxygen atoms in total. The highest BCUT2D eigenvalue weighted by atomic mass is 32.1. The van der Waals surface area contributed by atoms with Crippen LogP contribution in [0.4, 0.5) is 5.69 Å². The van der Waals surface area contributed by atoms with Gasteiger partial charge in [-0.3, -0.25) is 35.9 Å². The summed E-state index contributed by atoms with van der Waals surface area (Å²) in [6.45, 7) is 0. The fourth-order valence-corrected chi connectivity index (χ4v) is 2.57. The highest BCUT2D eigenvalue weighted by molar-refractivity contribution is 7.80. The van der Waals surface area contributed by atoms with Crippen molar-refractivity contribution >= 4 is 34.8 Å². The van der Waals surface area contributed by atoms with E-state index in [1.54, 1.807) is 0 Å². The third-order valence-corrected chi connectivity index (χ3v) is 3.99. The summed E-state index contributed by atoms with van der Waals surface area (Å²) in [5.74, 6) is -0.557. The lowest BCUT2D eigenvalue weighted by Gasteiger charge is -2.15. The van der Waals surface area contributed by atoms with E-state index in [-0.39, 0.29) is 33.4 Å². The average Bonchev–Trinajstić information content (AvgIpc) is 2.76. The molecule has 12 heteroatoms. The number of nitrogens with zero attached hydrogens (tertiary/aromatic N) is 1. The standard InChI is InChI=1S/C18H18N4O7S/c1-27-13-8-10(9-14(28-2)15(13)29-3)16(23)20-21-18(30)19-17(24)11-6-4-5-7-12(11)22(25)26/h4-9H,1-3H3,(H,20,23)(H2,19,21,24,30). The molecule has 0 aliphatic heterocycles. The summed E-state index contributed by atoms with van der Waals surface area (Å²) in [4.78, 5) is 35.0. The number of nitro benzene ring substituents is 1. The van der Waals surface area contributed by atoms with E-state index in [4.69, 9.17) is 26.4 Å². The minimum atomic E-state index is -0.804. The van der Waals surface area contributed by atoms with Crippen molar-refractivity contribution in [1.29, 1.82) is 0 Å². The molecule has 0 atom stereocenters. The van der Waals surface area contributed by atoms with Crippen LogP contribution >= 0.6 is 12.2 Å². The topological polar surface area (TPSA) is 141 Å². The SMILES string of the molecule is COc1cc(C(=O)NNC(=S)NC(=O)c2ccccc2[N+](=O)[O-])cc(OC)c1OC. The summed E-state index contributed by atoms with van der Waals surface area (Å²) in [5, 5.41) is 13.0. The number of nitrogens with one attached hydrogen (secondary N) is 3.